The summed E-state index contributed by atoms with van der Waals surface area (Å²) < 4.78 is 27.3. The molecule has 3 rings (SSSR count). The summed E-state index contributed by atoms with van der Waals surface area (Å²) >= 11 is 0. The molecule has 0 spiro atoms. The Bertz CT molecular complexity index is 787. The van der Waals surface area contributed by atoms with Gasteiger partial charge in [0.1, 0.15) is 0 Å². The number of rotatable bonds is 7. The van der Waals surface area contributed by atoms with Crippen LogP contribution in [0.4, 0.5) is 0 Å². The summed E-state index contributed by atoms with van der Waals surface area (Å²) in [6.45, 7) is 0.914. The number of fused-ring (bicyclic) bond motifs is 1. The van der Waals surface area contributed by atoms with Gasteiger partial charge in [0.05, 0.1) is 35.5 Å². The second-order valence-electron chi connectivity index (χ2n) is 6.40. The van der Waals surface area contributed by atoms with Gasteiger partial charge in [-0.05, 0) is 60.3 Å². The fourth-order valence-electron chi connectivity index (χ4n) is 3.64. The van der Waals surface area contributed by atoms with Gasteiger partial charge in [-0.15, -0.1) is 12.4 Å². The monoisotopic (exact) mass is 409 g/mol. The number of hydrogen-bond donors (Lipinski definition) is 1. The normalized spacial score (nSPS) is 15.1. The van der Waals surface area contributed by atoms with Gasteiger partial charge in [0, 0.05) is 6.04 Å². The van der Waals surface area contributed by atoms with Gasteiger partial charge in [0.15, 0.2) is 23.0 Å². The number of hydrogen-bond acceptors (Lipinski definition) is 6. The van der Waals surface area contributed by atoms with E-state index in [1.807, 2.05) is 12.1 Å². The molecule has 1 unspecified atom stereocenters. The van der Waals surface area contributed by atoms with E-state index < -0.39 is 0 Å². The summed E-state index contributed by atoms with van der Waals surface area (Å²) in [6.07, 6.45) is 1.75. The molecule has 154 valence electrons. The maximum absolute atomic E-state index is 5.49. The van der Waals surface area contributed by atoms with Crippen molar-refractivity contribution in [2.24, 2.45) is 0 Å². The lowest BCUT2D eigenvalue weighted by Gasteiger charge is -2.28. The molecule has 1 N–H and O–H groups in total. The number of ether oxygens (including phenoxy) is 5. The van der Waals surface area contributed by atoms with Crippen LogP contribution in [0.2, 0.25) is 0 Å². The van der Waals surface area contributed by atoms with Gasteiger partial charge in [0.2, 0.25) is 5.75 Å². The van der Waals surface area contributed by atoms with Crippen molar-refractivity contribution in [2.45, 2.75) is 18.9 Å². The van der Waals surface area contributed by atoms with Gasteiger partial charge >= 0.3 is 0 Å². The average molecular weight is 410 g/mol. The topological polar surface area (TPSA) is 58.2 Å². The van der Waals surface area contributed by atoms with Crippen molar-refractivity contribution >= 4 is 12.4 Å². The molecule has 0 bridgehead atoms. The number of methoxy groups -OCH3 is 5. The molecule has 1 aliphatic rings. The summed E-state index contributed by atoms with van der Waals surface area (Å²) in [4.78, 5) is 0. The molecule has 0 amide bonds. The van der Waals surface area contributed by atoms with E-state index in [0.717, 1.165) is 36.4 Å². The standard InChI is InChI=1S/C21H27NO5.ClH/c1-23-17-11-14-6-7-22-16(15(14)12-18(17)24-2)8-13-9-19(25-3)21(27-5)20(10-13)26-4;/h9-12,16,22H,6-8H2,1-5H3;1H. The molecule has 0 fully saturated rings. The highest BCUT2D eigenvalue weighted by atomic mass is 35.5. The van der Waals surface area contributed by atoms with E-state index >= 15 is 0 Å². The van der Waals surface area contributed by atoms with Gasteiger partial charge < -0.3 is 29.0 Å². The van der Waals surface area contributed by atoms with Crippen LogP contribution in [0.25, 0.3) is 0 Å². The lowest BCUT2D eigenvalue weighted by molar-refractivity contribution is 0.323. The summed E-state index contributed by atoms with van der Waals surface area (Å²) in [5, 5.41) is 3.61. The van der Waals surface area contributed by atoms with Crippen LogP contribution in [0.15, 0.2) is 24.3 Å². The van der Waals surface area contributed by atoms with Crippen molar-refractivity contribution in [3.05, 3.63) is 41.0 Å². The van der Waals surface area contributed by atoms with Crippen molar-refractivity contribution in [1.82, 2.24) is 5.32 Å². The van der Waals surface area contributed by atoms with Crippen LogP contribution in [0.1, 0.15) is 22.7 Å². The van der Waals surface area contributed by atoms with Crippen molar-refractivity contribution in [3.63, 3.8) is 0 Å². The van der Waals surface area contributed by atoms with Crippen molar-refractivity contribution in [2.75, 3.05) is 42.1 Å². The summed E-state index contributed by atoms with van der Waals surface area (Å²) in [5.41, 5.74) is 3.61. The fraction of sp³-hybridized carbons (Fsp3) is 0.429. The molecule has 0 aromatic heterocycles. The van der Waals surface area contributed by atoms with Crippen LogP contribution in [0.3, 0.4) is 0 Å². The summed E-state index contributed by atoms with van der Waals surface area (Å²) in [7, 11) is 8.20. The molecule has 0 radical (unpaired) electrons. The van der Waals surface area contributed by atoms with Crippen LogP contribution in [-0.4, -0.2) is 42.1 Å². The zero-order chi connectivity index (χ0) is 19.4. The Morgan fingerprint density at radius 3 is 1.89 bits per heavy atom. The van der Waals surface area contributed by atoms with Gasteiger partial charge in [-0.1, -0.05) is 0 Å². The Balaban J connectivity index is 0.00000280. The van der Waals surface area contributed by atoms with Gasteiger partial charge in [0.25, 0.3) is 0 Å². The maximum atomic E-state index is 5.49. The minimum Gasteiger partial charge on any atom is -0.493 e. The van der Waals surface area contributed by atoms with Crippen LogP contribution in [0, 0.1) is 0 Å². The Morgan fingerprint density at radius 2 is 1.36 bits per heavy atom. The quantitative estimate of drug-likeness (QED) is 0.754. The Hall–Kier alpha value is -2.31. The third kappa shape index (κ3) is 4.23. The van der Waals surface area contributed by atoms with E-state index in [-0.39, 0.29) is 18.4 Å². The number of halogens is 1. The molecule has 2 aromatic carbocycles. The third-order valence-corrected chi connectivity index (χ3v) is 4.97. The third-order valence-electron chi connectivity index (χ3n) is 4.97. The highest BCUT2D eigenvalue weighted by Gasteiger charge is 2.24. The fourth-order valence-corrected chi connectivity index (χ4v) is 3.64. The van der Waals surface area contributed by atoms with Gasteiger partial charge in [-0.3, -0.25) is 0 Å². The first-order valence-electron chi connectivity index (χ1n) is 8.92. The predicted octanol–water partition coefficient (Wildman–Crippen LogP) is 3.58. The van der Waals surface area contributed by atoms with E-state index in [1.165, 1.54) is 11.1 Å². The Morgan fingerprint density at radius 1 is 0.786 bits per heavy atom. The lowest BCUT2D eigenvalue weighted by atomic mass is 9.89. The van der Waals surface area contributed by atoms with Crippen LogP contribution >= 0.6 is 12.4 Å². The molecule has 6 nitrogen and oxygen atoms in total. The summed E-state index contributed by atoms with van der Waals surface area (Å²) in [6, 6.07) is 8.31. The van der Waals surface area contributed by atoms with Crippen LogP contribution in [-0.2, 0) is 12.8 Å². The van der Waals surface area contributed by atoms with Crippen molar-refractivity contribution < 1.29 is 23.7 Å². The highest BCUT2D eigenvalue weighted by Crippen LogP contribution is 2.40. The predicted molar refractivity (Wildman–Crippen MR) is 111 cm³/mol. The van der Waals surface area contributed by atoms with E-state index in [9.17, 15) is 0 Å². The molecule has 28 heavy (non-hydrogen) atoms. The molecule has 0 aliphatic carbocycles. The highest BCUT2D eigenvalue weighted by molar-refractivity contribution is 5.85. The molecule has 7 heteroatoms. The molecule has 0 saturated carbocycles. The van der Waals surface area contributed by atoms with E-state index in [1.54, 1.807) is 35.5 Å². The first-order valence-corrected chi connectivity index (χ1v) is 8.92. The molecule has 1 aliphatic heterocycles. The molecule has 1 atom stereocenters. The first-order chi connectivity index (χ1) is 13.1. The number of benzene rings is 2. The lowest BCUT2D eigenvalue weighted by Crippen LogP contribution is -2.31. The molecule has 0 saturated heterocycles. The zero-order valence-electron chi connectivity index (χ0n) is 17.0. The van der Waals surface area contributed by atoms with Gasteiger partial charge in [-0.25, -0.2) is 0 Å². The maximum Gasteiger partial charge on any atom is 0.203 e. The van der Waals surface area contributed by atoms with E-state index in [2.05, 4.69) is 17.4 Å². The second-order valence-corrected chi connectivity index (χ2v) is 6.40. The minimum absolute atomic E-state index is 0. The SMILES string of the molecule is COc1cc2c(cc1OC)C(Cc1cc(OC)c(OC)c(OC)c1)NCC2.Cl. The van der Waals surface area contributed by atoms with Crippen molar-refractivity contribution in [3.8, 4) is 28.7 Å². The second kappa shape index (κ2) is 9.75. The molecule has 1 heterocycles. The molecule has 2 aromatic rings. The van der Waals surface area contributed by atoms with Crippen LogP contribution < -0.4 is 29.0 Å². The molecular weight excluding hydrogens is 382 g/mol. The zero-order valence-corrected chi connectivity index (χ0v) is 17.8. The van der Waals surface area contributed by atoms with E-state index in [0.29, 0.717) is 17.2 Å². The smallest absolute Gasteiger partial charge is 0.203 e. The Kier molecular flexibility index (Phi) is 7.66. The average Bonchev–Trinajstić information content (AvgIpc) is 2.72. The molecular formula is C21H28ClNO5. The largest absolute Gasteiger partial charge is 0.493 e. The number of nitrogens with one attached hydrogen (secondary N) is 1. The van der Waals surface area contributed by atoms with Gasteiger partial charge in [-0.2, -0.15) is 0 Å². The Labute approximate surface area is 172 Å². The van der Waals surface area contributed by atoms with E-state index in [4.69, 9.17) is 23.7 Å². The first kappa shape index (κ1) is 22.0. The minimum atomic E-state index is 0. The van der Waals surface area contributed by atoms with Crippen molar-refractivity contribution in [1.29, 1.82) is 0 Å². The summed E-state index contributed by atoms with van der Waals surface area (Å²) in [5.74, 6) is 3.44. The van der Waals surface area contributed by atoms with Crippen LogP contribution in [0.5, 0.6) is 28.7 Å².